The van der Waals surface area contributed by atoms with E-state index in [0.717, 1.165) is 6.08 Å². The van der Waals surface area contributed by atoms with Crippen molar-refractivity contribution in [1.29, 1.82) is 0 Å². The molecule has 6 heteroatoms. The average Bonchev–Trinajstić information content (AvgIpc) is 2.46. The lowest BCUT2D eigenvalue weighted by Gasteiger charge is -2.06. The fraction of sp³-hybridized carbons (Fsp3) is 0.267. The monoisotopic (exact) mass is 292 g/mol. The first-order valence-electron chi connectivity index (χ1n) is 6.41. The number of benzene rings is 1. The largest absolute Gasteiger partial charge is 0.462 e. The number of hydrogen-bond donors (Lipinski definition) is 0. The SMILES string of the molecule is CCOC(=O)C(=CC(=O)Oc1ccccc1)C(=O)OCC. The van der Waals surface area contributed by atoms with Crippen LogP contribution in [0.5, 0.6) is 5.75 Å². The van der Waals surface area contributed by atoms with Gasteiger partial charge >= 0.3 is 17.9 Å². The summed E-state index contributed by atoms with van der Waals surface area (Å²) in [6.07, 6.45) is 0.767. The summed E-state index contributed by atoms with van der Waals surface area (Å²) >= 11 is 0. The molecule has 0 aromatic heterocycles. The second-order valence-corrected chi connectivity index (χ2v) is 3.73. The Balaban J connectivity index is 2.88. The Morgan fingerprint density at radius 3 is 1.95 bits per heavy atom. The van der Waals surface area contributed by atoms with Crippen molar-refractivity contribution in [3.8, 4) is 5.75 Å². The lowest BCUT2D eigenvalue weighted by Crippen LogP contribution is -2.20. The molecule has 6 nitrogen and oxygen atoms in total. The molecule has 0 amide bonds. The third-order valence-corrected chi connectivity index (χ3v) is 2.21. The minimum absolute atomic E-state index is 0.0727. The Labute approximate surface area is 122 Å². The predicted molar refractivity (Wildman–Crippen MR) is 73.4 cm³/mol. The quantitative estimate of drug-likeness (QED) is 0.261. The molecule has 1 rings (SSSR count). The Morgan fingerprint density at radius 1 is 0.952 bits per heavy atom. The van der Waals surface area contributed by atoms with Crippen LogP contribution in [0.4, 0.5) is 0 Å². The van der Waals surface area contributed by atoms with Crippen molar-refractivity contribution >= 4 is 17.9 Å². The summed E-state index contributed by atoms with van der Waals surface area (Å²) in [5.74, 6) is -2.43. The van der Waals surface area contributed by atoms with Crippen molar-refractivity contribution < 1.29 is 28.6 Å². The van der Waals surface area contributed by atoms with Crippen LogP contribution in [-0.2, 0) is 23.9 Å². The summed E-state index contributed by atoms with van der Waals surface area (Å²) in [5.41, 5.74) is -0.500. The standard InChI is InChI=1S/C15H16O6/c1-3-19-14(17)12(15(18)20-4-2)10-13(16)21-11-8-6-5-7-9-11/h5-10H,3-4H2,1-2H3. The molecule has 112 valence electrons. The summed E-state index contributed by atoms with van der Waals surface area (Å²) in [7, 11) is 0. The normalized spacial score (nSPS) is 9.43. The van der Waals surface area contributed by atoms with Crippen molar-refractivity contribution in [2.45, 2.75) is 13.8 Å². The number of para-hydroxylation sites is 1. The fourth-order valence-electron chi connectivity index (χ4n) is 1.37. The zero-order valence-corrected chi connectivity index (χ0v) is 11.8. The van der Waals surface area contributed by atoms with Crippen LogP contribution < -0.4 is 4.74 Å². The topological polar surface area (TPSA) is 78.9 Å². The molecule has 0 bridgehead atoms. The van der Waals surface area contributed by atoms with Crippen LogP contribution in [0.25, 0.3) is 0 Å². The molecule has 0 saturated heterocycles. The first-order chi connectivity index (χ1) is 10.1. The maximum atomic E-state index is 11.7. The van der Waals surface area contributed by atoms with Gasteiger partial charge in [-0.3, -0.25) is 0 Å². The molecular formula is C15H16O6. The smallest absolute Gasteiger partial charge is 0.345 e. The third-order valence-electron chi connectivity index (χ3n) is 2.21. The molecule has 0 atom stereocenters. The van der Waals surface area contributed by atoms with Crippen molar-refractivity contribution in [3.63, 3.8) is 0 Å². The van der Waals surface area contributed by atoms with Gasteiger partial charge in [-0.15, -0.1) is 0 Å². The highest BCUT2D eigenvalue weighted by molar-refractivity contribution is 6.17. The Kier molecular flexibility index (Phi) is 6.67. The summed E-state index contributed by atoms with van der Waals surface area (Å²) in [6, 6.07) is 8.27. The molecule has 0 unspecified atom stereocenters. The minimum atomic E-state index is -0.930. The van der Waals surface area contributed by atoms with Gasteiger partial charge < -0.3 is 14.2 Å². The van der Waals surface area contributed by atoms with Gasteiger partial charge in [0.05, 0.1) is 13.2 Å². The Morgan fingerprint density at radius 2 is 1.48 bits per heavy atom. The highest BCUT2D eigenvalue weighted by Crippen LogP contribution is 2.10. The molecule has 0 saturated carbocycles. The molecule has 0 fully saturated rings. The number of carbonyl (C=O) groups excluding carboxylic acids is 3. The van der Waals surface area contributed by atoms with Crippen LogP contribution in [0.15, 0.2) is 42.0 Å². The lowest BCUT2D eigenvalue weighted by atomic mass is 10.2. The molecule has 0 spiro atoms. The van der Waals surface area contributed by atoms with Crippen molar-refractivity contribution in [1.82, 2.24) is 0 Å². The van der Waals surface area contributed by atoms with Crippen LogP contribution >= 0.6 is 0 Å². The van der Waals surface area contributed by atoms with E-state index in [2.05, 4.69) is 0 Å². The van der Waals surface area contributed by atoms with Gasteiger partial charge in [0.25, 0.3) is 0 Å². The van der Waals surface area contributed by atoms with E-state index >= 15 is 0 Å². The van der Waals surface area contributed by atoms with Crippen molar-refractivity contribution in [3.05, 3.63) is 42.0 Å². The molecule has 1 aromatic rings. The van der Waals surface area contributed by atoms with E-state index in [1.54, 1.807) is 44.2 Å². The van der Waals surface area contributed by atoms with Crippen LogP contribution in [0, 0.1) is 0 Å². The fourth-order valence-corrected chi connectivity index (χ4v) is 1.37. The summed E-state index contributed by atoms with van der Waals surface area (Å²) in [6.45, 7) is 3.32. The highest BCUT2D eigenvalue weighted by Gasteiger charge is 2.23. The van der Waals surface area contributed by atoms with Gasteiger partial charge in [-0.1, -0.05) is 18.2 Å². The van der Waals surface area contributed by atoms with E-state index < -0.39 is 23.5 Å². The van der Waals surface area contributed by atoms with Gasteiger partial charge in [0.2, 0.25) is 0 Å². The van der Waals surface area contributed by atoms with Crippen molar-refractivity contribution in [2.24, 2.45) is 0 Å². The third kappa shape index (κ3) is 5.48. The van der Waals surface area contributed by atoms with E-state index in [0.29, 0.717) is 5.75 Å². The molecule has 0 aliphatic rings. The van der Waals surface area contributed by atoms with Gasteiger partial charge in [0.1, 0.15) is 5.75 Å². The Bertz CT molecular complexity index is 512. The summed E-state index contributed by atoms with van der Waals surface area (Å²) in [5, 5.41) is 0. The van der Waals surface area contributed by atoms with E-state index in [-0.39, 0.29) is 13.2 Å². The van der Waals surface area contributed by atoms with Crippen LogP contribution in [0.2, 0.25) is 0 Å². The van der Waals surface area contributed by atoms with Gasteiger partial charge in [-0.05, 0) is 26.0 Å². The number of carbonyl (C=O) groups is 3. The summed E-state index contributed by atoms with van der Waals surface area (Å²) in [4.78, 5) is 35.0. The van der Waals surface area contributed by atoms with Crippen LogP contribution in [-0.4, -0.2) is 31.1 Å². The summed E-state index contributed by atoms with van der Waals surface area (Å²) < 4.78 is 14.4. The van der Waals surface area contributed by atoms with E-state index in [1.165, 1.54) is 0 Å². The van der Waals surface area contributed by atoms with E-state index in [9.17, 15) is 14.4 Å². The molecule has 21 heavy (non-hydrogen) atoms. The first-order valence-corrected chi connectivity index (χ1v) is 6.41. The number of hydrogen-bond acceptors (Lipinski definition) is 6. The second-order valence-electron chi connectivity index (χ2n) is 3.73. The first kappa shape index (κ1) is 16.4. The van der Waals surface area contributed by atoms with Gasteiger partial charge in [0.15, 0.2) is 5.57 Å². The second kappa shape index (κ2) is 8.52. The Hall–Kier alpha value is -2.63. The highest BCUT2D eigenvalue weighted by atomic mass is 16.6. The maximum Gasteiger partial charge on any atom is 0.345 e. The lowest BCUT2D eigenvalue weighted by molar-refractivity contribution is -0.147. The van der Waals surface area contributed by atoms with Gasteiger partial charge in [-0.2, -0.15) is 0 Å². The molecule has 0 aliphatic carbocycles. The molecule has 0 N–H and O–H groups in total. The number of ether oxygens (including phenoxy) is 3. The number of esters is 3. The zero-order valence-electron chi connectivity index (χ0n) is 11.8. The van der Waals surface area contributed by atoms with Crippen LogP contribution in [0.3, 0.4) is 0 Å². The predicted octanol–water partition coefficient (Wildman–Crippen LogP) is 1.64. The molecular weight excluding hydrogens is 276 g/mol. The van der Waals surface area contributed by atoms with Gasteiger partial charge in [-0.25, -0.2) is 14.4 Å². The number of rotatable bonds is 6. The van der Waals surface area contributed by atoms with Crippen LogP contribution in [0.1, 0.15) is 13.8 Å². The minimum Gasteiger partial charge on any atom is -0.462 e. The molecule has 0 aliphatic heterocycles. The molecule has 0 heterocycles. The van der Waals surface area contributed by atoms with Crippen molar-refractivity contribution in [2.75, 3.05) is 13.2 Å². The van der Waals surface area contributed by atoms with Gasteiger partial charge in [0, 0.05) is 6.08 Å². The maximum absolute atomic E-state index is 11.7. The van der Waals surface area contributed by atoms with E-state index in [4.69, 9.17) is 14.2 Å². The zero-order chi connectivity index (χ0) is 15.7. The molecule has 1 aromatic carbocycles. The molecule has 0 radical (unpaired) electrons. The van der Waals surface area contributed by atoms with E-state index in [1.807, 2.05) is 0 Å². The average molecular weight is 292 g/mol.